The highest BCUT2D eigenvalue weighted by molar-refractivity contribution is 7.80. The number of hydrogen-bond donors (Lipinski definition) is 0. The van der Waals surface area contributed by atoms with Gasteiger partial charge in [-0.05, 0) is 46.1 Å². The molecule has 0 aliphatic rings. The first-order valence-corrected chi connectivity index (χ1v) is 13.9. The number of pyridine rings is 1. The van der Waals surface area contributed by atoms with Crippen molar-refractivity contribution in [3.05, 3.63) is 146 Å². The van der Waals surface area contributed by atoms with Gasteiger partial charge in [0.1, 0.15) is 0 Å². The van der Waals surface area contributed by atoms with E-state index in [2.05, 4.69) is 146 Å². The minimum absolute atomic E-state index is 0.802. The molecule has 1 aromatic heterocycles. The third kappa shape index (κ3) is 3.80. The maximum absolute atomic E-state index is 5.36. The number of nitrogens with zero attached hydrogens (tertiary/aromatic N) is 1. The van der Waals surface area contributed by atoms with E-state index < -0.39 is 7.92 Å². The lowest BCUT2D eigenvalue weighted by Gasteiger charge is -2.24. The van der Waals surface area contributed by atoms with Crippen molar-refractivity contribution in [2.45, 2.75) is 0 Å². The summed E-state index contributed by atoms with van der Waals surface area (Å²) in [5.41, 5.74) is 3.32. The second-order valence-electron chi connectivity index (χ2n) is 9.21. The molecule has 6 aromatic carbocycles. The van der Waals surface area contributed by atoms with Gasteiger partial charge in [0.15, 0.2) is 0 Å². The van der Waals surface area contributed by atoms with Gasteiger partial charge in [-0.15, -0.1) is 0 Å². The van der Waals surface area contributed by atoms with Crippen LogP contribution in [0.25, 0.3) is 43.7 Å². The summed E-state index contributed by atoms with van der Waals surface area (Å²) in [4.78, 5) is 5.36. The van der Waals surface area contributed by atoms with E-state index in [1.807, 2.05) is 0 Å². The van der Waals surface area contributed by atoms with Crippen molar-refractivity contribution in [3.8, 4) is 11.3 Å². The highest BCUT2D eigenvalue weighted by Gasteiger charge is 2.24. The summed E-state index contributed by atoms with van der Waals surface area (Å²) in [5.74, 6) is 0. The van der Waals surface area contributed by atoms with Crippen LogP contribution < -0.4 is 15.9 Å². The van der Waals surface area contributed by atoms with Crippen LogP contribution in [0.2, 0.25) is 0 Å². The third-order valence-corrected chi connectivity index (χ3v) is 9.51. The quantitative estimate of drug-likeness (QED) is 0.180. The monoisotopic (exact) mass is 489 g/mol. The van der Waals surface area contributed by atoms with Crippen molar-refractivity contribution in [1.29, 1.82) is 0 Å². The van der Waals surface area contributed by atoms with E-state index in [0.29, 0.717) is 0 Å². The Labute approximate surface area is 217 Å². The molecule has 0 saturated heterocycles. The molecule has 7 rings (SSSR count). The highest BCUT2D eigenvalue weighted by atomic mass is 31.1. The second kappa shape index (κ2) is 9.28. The zero-order valence-corrected chi connectivity index (χ0v) is 21.1. The number of aromatic nitrogens is 1. The van der Waals surface area contributed by atoms with Crippen LogP contribution in [-0.4, -0.2) is 4.98 Å². The smallest absolute Gasteiger partial charge is 0.0800 e. The number of rotatable bonds is 4. The second-order valence-corrected chi connectivity index (χ2v) is 11.4. The normalized spacial score (nSPS) is 11.5. The van der Waals surface area contributed by atoms with Gasteiger partial charge in [-0.2, -0.15) is 0 Å². The Morgan fingerprint density at radius 3 is 1.65 bits per heavy atom. The van der Waals surface area contributed by atoms with Crippen molar-refractivity contribution in [3.63, 3.8) is 0 Å². The zero-order chi connectivity index (χ0) is 24.6. The van der Waals surface area contributed by atoms with E-state index in [1.165, 1.54) is 48.4 Å². The molecular weight excluding hydrogens is 465 g/mol. The molecule has 0 aliphatic heterocycles. The van der Waals surface area contributed by atoms with E-state index in [9.17, 15) is 0 Å². The predicted octanol–water partition coefficient (Wildman–Crippen LogP) is 7.97. The molecule has 7 aromatic rings. The average Bonchev–Trinajstić information content (AvgIpc) is 2.98. The molecule has 0 fully saturated rings. The topological polar surface area (TPSA) is 12.9 Å². The van der Waals surface area contributed by atoms with Gasteiger partial charge in [-0.3, -0.25) is 0 Å². The Morgan fingerprint density at radius 2 is 0.946 bits per heavy atom. The van der Waals surface area contributed by atoms with Crippen LogP contribution in [0.1, 0.15) is 0 Å². The van der Waals surface area contributed by atoms with E-state index in [1.54, 1.807) is 0 Å². The van der Waals surface area contributed by atoms with Crippen molar-refractivity contribution in [2.75, 3.05) is 0 Å². The van der Waals surface area contributed by atoms with E-state index in [-0.39, 0.29) is 0 Å². The predicted molar refractivity (Wildman–Crippen MR) is 161 cm³/mol. The Hall–Kier alpha value is -4.32. The number of benzene rings is 6. The summed E-state index contributed by atoms with van der Waals surface area (Å²) < 4.78 is 0. The lowest BCUT2D eigenvalue weighted by Crippen LogP contribution is -2.22. The van der Waals surface area contributed by atoms with Gasteiger partial charge in [0, 0.05) is 16.3 Å². The van der Waals surface area contributed by atoms with E-state index >= 15 is 0 Å². The molecule has 0 unspecified atom stereocenters. The number of hydrogen-bond acceptors (Lipinski definition) is 1. The average molecular weight is 490 g/mol. The molecule has 174 valence electrons. The molecule has 0 saturated carbocycles. The molecule has 0 spiro atoms. The molecule has 0 N–H and O–H groups in total. The summed E-state index contributed by atoms with van der Waals surface area (Å²) in [5, 5.41) is 10.1. The van der Waals surface area contributed by atoms with Gasteiger partial charge in [0.25, 0.3) is 0 Å². The van der Waals surface area contributed by atoms with Crippen molar-refractivity contribution >= 4 is 56.3 Å². The van der Waals surface area contributed by atoms with Crippen LogP contribution in [0.5, 0.6) is 0 Å². The fourth-order valence-corrected chi connectivity index (χ4v) is 7.84. The van der Waals surface area contributed by atoms with Gasteiger partial charge in [0.05, 0.1) is 11.2 Å². The summed E-state index contributed by atoms with van der Waals surface area (Å²) in [7, 11) is -0.802. The Balaban J connectivity index is 1.64. The summed E-state index contributed by atoms with van der Waals surface area (Å²) in [6, 6.07) is 52.4. The van der Waals surface area contributed by atoms with E-state index in [4.69, 9.17) is 4.98 Å². The Kier molecular flexibility index (Phi) is 5.50. The Bertz CT molecular complexity index is 1840. The first kappa shape index (κ1) is 21.9. The molecule has 0 atom stereocenters. The van der Waals surface area contributed by atoms with E-state index in [0.717, 1.165) is 11.2 Å². The van der Waals surface area contributed by atoms with Crippen molar-refractivity contribution < 1.29 is 0 Å². The standard InChI is InChI=1S/C35H24NP/c1-3-14-26(15-4-1)37(27-16-5-2-6-17-27)33-24-23-25-13-7-8-18-28(25)34(33)35-31-21-10-9-19-29(31)30-20-11-12-22-32(30)36-35/h1-24H. The SMILES string of the molecule is c1ccc(P(c2ccccc2)c2ccc3ccccc3c2-c2nc3ccccc3c3ccccc23)cc1. The van der Waals surface area contributed by atoms with Crippen LogP contribution in [0, 0.1) is 0 Å². The first-order valence-electron chi connectivity index (χ1n) is 12.6. The molecule has 1 nitrogen and oxygen atoms in total. The summed E-state index contributed by atoms with van der Waals surface area (Å²) in [6.07, 6.45) is 0. The van der Waals surface area contributed by atoms with Crippen LogP contribution in [0.15, 0.2) is 146 Å². The number of fused-ring (bicyclic) bond motifs is 4. The highest BCUT2D eigenvalue weighted by Crippen LogP contribution is 2.42. The molecule has 2 heteroatoms. The lowest BCUT2D eigenvalue weighted by molar-refractivity contribution is 1.44. The van der Waals surface area contributed by atoms with Crippen LogP contribution in [-0.2, 0) is 0 Å². The fourth-order valence-electron chi connectivity index (χ4n) is 5.37. The Morgan fingerprint density at radius 1 is 0.405 bits per heavy atom. The zero-order valence-electron chi connectivity index (χ0n) is 20.3. The van der Waals surface area contributed by atoms with Gasteiger partial charge >= 0.3 is 0 Å². The lowest BCUT2D eigenvalue weighted by atomic mass is 9.96. The molecule has 0 bridgehead atoms. The minimum Gasteiger partial charge on any atom is -0.247 e. The first-order chi connectivity index (χ1) is 18.4. The third-order valence-electron chi connectivity index (χ3n) is 7.02. The van der Waals surface area contributed by atoms with Gasteiger partial charge in [-0.1, -0.05) is 140 Å². The van der Waals surface area contributed by atoms with Crippen LogP contribution in [0.3, 0.4) is 0 Å². The fraction of sp³-hybridized carbons (Fsp3) is 0. The molecule has 37 heavy (non-hydrogen) atoms. The van der Waals surface area contributed by atoms with Crippen LogP contribution >= 0.6 is 7.92 Å². The van der Waals surface area contributed by atoms with Crippen molar-refractivity contribution in [2.24, 2.45) is 0 Å². The maximum Gasteiger partial charge on any atom is 0.0800 e. The molecule has 0 aliphatic carbocycles. The van der Waals surface area contributed by atoms with Crippen molar-refractivity contribution in [1.82, 2.24) is 4.98 Å². The summed E-state index contributed by atoms with van der Waals surface area (Å²) in [6.45, 7) is 0. The largest absolute Gasteiger partial charge is 0.247 e. The van der Waals surface area contributed by atoms with Gasteiger partial charge in [0.2, 0.25) is 0 Å². The summed E-state index contributed by atoms with van der Waals surface area (Å²) >= 11 is 0. The molecule has 1 heterocycles. The molecule has 0 amide bonds. The minimum atomic E-state index is -0.802. The maximum atomic E-state index is 5.36. The van der Waals surface area contributed by atoms with Crippen LogP contribution in [0.4, 0.5) is 0 Å². The number of para-hydroxylation sites is 1. The van der Waals surface area contributed by atoms with Gasteiger partial charge in [-0.25, -0.2) is 4.98 Å². The molecular formula is C35H24NP. The van der Waals surface area contributed by atoms with Gasteiger partial charge < -0.3 is 0 Å². The molecule has 0 radical (unpaired) electrons.